The summed E-state index contributed by atoms with van der Waals surface area (Å²) >= 11 is 3.46. The van der Waals surface area contributed by atoms with Crippen molar-refractivity contribution in [1.82, 2.24) is 9.78 Å². The van der Waals surface area contributed by atoms with Crippen LogP contribution in [0.3, 0.4) is 0 Å². The van der Waals surface area contributed by atoms with Crippen LogP contribution in [-0.2, 0) is 6.61 Å². The van der Waals surface area contributed by atoms with Crippen molar-refractivity contribution in [1.29, 1.82) is 5.26 Å². The van der Waals surface area contributed by atoms with Crippen LogP contribution in [0.1, 0.15) is 22.4 Å². The van der Waals surface area contributed by atoms with E-state index in [0.717, 1.165) is 43.9 Å². The zero-order valence-electron chi connectivity index (χ0n) is 18.4. The molecular formula is C27H21BrN4O2. The van der Waals surface area contributed by atoms with Gasteiger partial charge in [-0.2, -0.15) is 10.4 Å². The molecule has 168 valence electrons. The molecule has 0 fully saturated rings. The van der Waals surface area contributed by atoms with E-state index in [1.54, 1.807) is 4.68 Å². The third-order valence-electron chi connectivity index (χ3n) is 5.64. The van der Waals surface area contributed by atoms with Crippen molar-refractivity contribution in [3.8, 4) is 23.4 Å². The Bertz CT molecular complexity index is 1400. The van der Waals surface area contributed by atoms with Crippen LogP contribution in [0.5, 0.6) is 11.6 Å². The van der Waals surface area contributed by atoms with Crippen LogP contribution in [0.25, 0.3) is 11.3 Å². The van der Waals surface area contributed by atoms with Gasteiger partial charge >= 0.3 is 0 Å². The zero-order chi connectivity index (χ0) is 23.7. The van der Waals surface area contributed by atoms with Gasteiger partial charge in [-0.05, 0) is 54.4 Å². The topological polar surface area (TPSA) is 86.1 Å². The molecule has 0 amide bonds. The van der Waals surface area contributed by atoms with Crippen LogP contribution in [0, 0.1) is 18.3 Å². The number of ether oxygens (including phenoxy) is 2. The Morgan fingerprint density at radius 1 is 1.06 bits per heavy atom. The molecule has 34 heavy (non-hydrogen) atoms. The van der Waals surface area contributed by atoms with Gasteiger partial charge in [-0.1, -0.05) is 58.4 Å². The minimum absolute atomic E-state index is 0.365. The zero-order valence-corrected chi connectivity index (χ0v) is 20.0. The molecule has 0 spiro atoms. The second kappa shape index (κ2) is 9.18. The van der Waals surface area contributed by atoms with Gasteiger partial charge in [-0.25, -0.2) is 4.68 Å². The summed E-state index contributed by atoms with van der Waals surface area (Å²) in [5.74, 6) is 1.26. The van der Waals surface area contributed by atoms with Gasteiger partial charge in [-0.15, -0.1) is 0 Å². The molecule has 2 N–H and O–H groups in total. The number of hydrogen-bond acceptors (Lipinski definition) is 5. The Labute approximate surface area is 206 Å². The van der Waals surface area contributed by atoms with Crippen LogP contribution >= 0.6 is 15.9 Å². The van der Waals surface area contributed by atoms with Gasteiger partial charge in [0.2, 0.25) is 5.88 Å². The fraction of sp³-hybridized carbons (Fsp3) is 0.111. The van der Waals surface area contributed by atoms with E-state index in [1.165, 1.54) is 0 Å². The molecule has 1 unspecified atom stereocenters. The molecule has 3 aromatic carbocycles. The van der Waals surface area contributed by atoms with Crippen LogP contribution in [0.15, 0.2) is 88.9 Å². The lowest BCUT2D eigenvalue weighted by Crippen LogP contribution is -2.33. The van der Waals surface area contributed by atoms with Crippen molar-refractivity contribution in [3.05, 3.63) is 111 Å². The summed E-state index contributed by atoms with van der Waals surface area (Å²) in [6, 6.07) is 27.7. The number of rotatable bonds is 5. The largest absolute Gasteiger partial charge is 0.489 e. The van der Waals surface area contributed by atoms with Gasteiger partial charge in [0.05, 0.1) is 22.5 Å². The highest BCUT2D eigenvalue weighted by molar-refractivity contribution is 9.10. The SMILES string of the molecule is Cc1nn(-c2ccc(Br)cc2)c2c1C(c1ccc(OCc3ccccc3)cc1)=C(C#N)C(N)O2. The summed E-state index contributed by atoms with van der Waals surface area (Å²) in [6.45, 7) is 2.38. The third kappa shape index (κ3) is 4.10. The van der Waals surface area contributed by atoms with Gasteiger partial charge in [0, 0.05) is 10.0 Å². The van der Waals surface area contributed by atoms with Crippen LogP contribution < -0.4 is 15.2 Å². The first-order chi connectivity index (χ1) is 16.5. The van der Waals surface area contributed by atoms with Crippen molar-refractivity contribution in [2.45, 2.75) is 19.8 Å². The summed E-state index contributed by atoms with van der Waals surface area (Å²) in [4.78, 5) is 0. The molecule has 0 bridgehead atoms. The molecule has 0 saturated carbocycles. The van der Waals surface area contributed by atoms with Gasteiger partial charge in [-0.3, -0.25) is 5.73 Å². The Morgan fingerprint density at radius 2 is 1.76 bits per heavy atom. The molecule has 0 radical (unpaired) electrons. The summed E-state index contributed by atoms with van der Waals surface area (Å²) in [6.07, 6.45) is -0.896. The molecule has 1 aliphatic heterocycles. The predicted octanol–water partition coefficient (Wildman–Crippen LogP) is 5.52. The van der Waals surface area contributed by atoms with Crippen molar-refractivity contribution >= 4 is 21.5 Å². The summed E-state index contributed by atoms with van der Waals surface area (Å²) in [5.41, 5.74) is 11.7. The highest BCUT2D eigenvalue weighted by atomic mass is 79.9. The van der Waals surface area contributed by atoms with Gasteiger partial charge in [0.25, 0.3) is 0 Å². The van der Waals surface area contributed by atoms with E-state index in [9.17, 15) is 5.26 Å². The predicted molar refractivity (Wildman–Crippen MR) is 133 cm³/mol. The van der Waals surface area contributed by atoms with E-state index in [-0.39, 0.29) is 0 Å². The number of halogens is 1. The van der Waals surface area contributed by atoms with Crippen LogP contribution in [0.4, 0.5) is 0 Å². The summed E-state index contributed by atoms with van der Waals surface area (Å²) in [5, 5.41) is 14.6. The Balaban J connectivity index is 1.52. The Hall–Kier alpha value is -3.86. The van der Waals surface area contributed by atoms with Crippen LogP contribution in [-0.4, -0.2) is 16.0 Å². The number of nitrogens with two attached hydrogens (primary N) is 1. The minimum atomic E-state index is -0.896. The van der Waals surface area contributed by atoms with Gasteiger partial charge < -0.3 is 9.47 Å². The van der Waals surface area contributed by atoms with Crippen molar-refractivity contribution in [2.75, 3.05) is 0 Å². The molecule has 5 rings (SSSR count). The van der Waals surface area contributed by atoms with E-state index >= 15 is 0 Å². The van der Waals surface area contributed by atoms with Gasteiger partial charge in [0.15, 0.2) is 6.23 Å². The Morgan fingerprint density at radius 3 is 2.44 bits per heavy atom. The van der Waals surface area contributed by atoms with E-state index in [0.29, 0.717) is 18.1 Å². The average Bonchev–Trinajstić information content (AvgIpc) is 3.19. The maximum absolute atomic E-state index is 9.90. The minimum Gasteiger partial charge on any atom is -0.489 e. The van der Waals surface area contributed by atoms with E-state index < -0.39 is 6.23 Å². The van der Waals surface area contributed by atoms with Crippen molar-refractivity contribution < 1.29 is 9.47 Å². The monoisotopic (exact) mass is 512 g/mol. The standard InChI is InChI=1S/C27H21BrN4O2/c1-17-24-25(19-7-13-22(14-8-19)33-16-18-5-3-2-4-6-18)23(15-29)26(30)34-27(24)32(31-17)21-11-9-20(28)10-12-21/h2-14,26H,16,30H2,1H3. The lowest BCUT2D eigenvalue weighted by atomic mass is 9.91. The van der Waals surface area contributed by atoms with E-state index in [2.05, 4.69) is 22.0 Å². The molecule has 1 atom stereocenters. The number of aromatic nitrogens is 2. The Kier molecular flexibility index (Phi) is 5.93. The molecule has 1 aromatic heterocycles. The van der Waals surface area contributed by atoms with Crippen molar-refractivity contribution in [3.63, 3.8) is 0 Å². The quantitative estimate of drug-likeness (QED) is 0.380. The molecule has 1 aliphatic rings. The molecular weight excluding hydrogens is 492 g/mol. The van der Waals surface area contributed by atoms with Gasteiger partial charge in [0.1, 0.15) is 18.4 Å². The second-order valence-corrected chi connectivity index (χ2v) is 8.81. The third-order valence-corrected chi connectivity index (χ3v) is 6.17. The first-order valence-electron chi connectivity index (χ1n) is 10.7. The first kappa shape index (κ1) is 22.0. The maximum Gasteiger partial charge on any atom is 0.226 e. The number of fused-ring (bicyclic) bond motifs is 1. The number of aryl methyl sites for hydroxylation is 1. The lowest BCUT2D eigenvalue weighted by molar-refractivity contribution is 0.228. The summed E-state index contributed by atoms with van der Waals surface area (Å²) in [7, 11) is 0. The fourth-order valence-electron chi connectivity index (χ4n) is 3.99. The van der Waals surface area contributed by atoms with Crippen LogP contribution in [0.2, 0.25) is 0 Å². The van der Waals surface area contributed by atoms with E-state index in [1.807, 2.05) is 85.8 Å². The normalized spacial score (nSPS) is 14.8. The highest BCUT2D eigenvalue weighted by Gasteiger charge is 2.33. The number of benzene rings is 3. The molecule has 0 aliphatic carbocycles. The number of nitrogens with zero attached hydrogens (tertiary/aromatic N) is 3. The van der Waals surface area contributed by atoms with Crippen molar-refractivity contribution in [2.24, 2.45) is 5.73 Å². The lowest BCUT2D eigenvalue weighted by Gasteiger charge is -2.25. The summed E-state index contributed by atoms with van der Waals surface area (Å²) < 4.78 is 14.6. The fourth-order valence-corrected chi connectivity index (χ4v) is 4.26. The molecule has 7 heteroatoms. The highest BCUT2D eigenvalue weighted by Crippen LogP contribution is 2.42. The first-order valence-corrected chi connectivity index (χ1v) is 11.5. The molecule has 4 aromatic rings. The molecule has 0 saturated heterocycles. The number of nitriles is 1. The maximum atomic E-state index is 9.90. The average molecular weight is 513 g/mol. The molecule has 6 nitrogen and oxygen atoms in total. The second-order valence-electron chi connectivity index (χ2n) is 7.89. The van der Waals surface area contributed by atoms with E-state index in [4.69, 9.17) is 20.3 Å². The smallest absolute Gasteiger partial charge is 0.226 e. The molecule has 2 heterocycles. The number of hydrogen-bond donors (Lipinski definition) is 1.